The van der Waals surface area contributed by atoms with E-state index < -0.39 is 0 Å². The lowest BCUT2D eigenvalue weighted by molar-refractivity contribution is -0.113. The zero-order valence-electron chi connectivity index (χ0n) is 15.7. The Kier molecular flexibility index (Phi) is 7.00. The van der Waals surface area contributed by atoms with Crippen LogP contribution in [0.15, 0.2) is 46.8 Å². The highest BCUT2D eigenvalue weighted by Gasteiger charge is 2.11. The summed E-state index contributed by atoms with van der Waals surface area (Å²) in [5.74, 6) is -0.0530. The summed E-state index contributed by atoms with van der Waals surface area (Å²) in [5.41, 5.74) is 4.03. The fraction of sp³-hybridized carbons (Fsp3) is 0.250. The van der Waals surface area contributed by atoms with Crippen LogP contribution in [-0.2, 0) is 17.8 Å². The van der Waals surface area contributed by atoms with Crippen molar-refractivity contribution < 1.29 is 9.18 Å². The van der Waals surface area contributed by atoms with Crippen molar-refractivity contribution in [3.63, 3.8) is 0 Å². The van der Waals surface area contributed by atoms with Gasteiger partial charge in [-0.15, -0.1) is 10.2 Å². The predicted molar refractivity (Wildman–Crippen MR) is 114 cm³/mol. The maximum Gasteiger partial charge on any atom is 0.234 e. The first-order valence-electron chi connectivity index (χ1n) is 8.88. The SMILES string of the molecule is CCc1cccc(C)c1NC(=O)CSc1nnc(NCc2ccc(F)cc2)s1. The number of amides is 1. The zero-order chi connectivity index (χ0) is 19.9. The number of carbonyl (C=O) groups is 1. The first-order valence-corrected chi connectivity index (χ1v) is 10.7. The van der Waals surface area contributed by atoms with Crippen molar-refractivity contribution in [3.05, 3.63) is 65.0 Å². The largest absolute Gasteiger partial charge is 0.356 e. The minimum atomic E-state index is -0.256. The fourth-order valence-electron chi connectivity index (χ4n) is 2.62. The van der Waals surface area contributed by atoms with Gasteiger partial charge in [-0.05, 0) is 42.2 Å². The molecular weight excluding hydrogens is 395 g/mol. The van der Waals surface area contributed by atoms with E-state index in [4.69, 9.17) is 0 Å². The number of hydrogen-bond acceptors (Lipinski definition) is 6. The number of para-hydroxylation sites is 1. The lowest BCUT2D eigenvalue weighted by atomic mass is 10.1. The van der Waals surface area contributed by atoms with Crippen LogP contribution in [-0.4, -0.2) is 21.9 Å². The molecule has 5 nitrogen and oxygen atoms in total. The number of nitrogens with one attached hydrogen (secondary N) is 2. The number of aryl methyl sites for hydroxylation is 2. The Morgan fingerprint density at radius 2 is 1.96 bits per heavy atom. The molecule has 146 valence electrons. The van der Waals surface area contributed by atoms with Crippen molar-refractivity contribution in [3.8, 4) is 0 Å². The van der Waals surface area contributed by atoms with Crippen LogP contribution in [0.4, 0.5) is 15.2 Å². The monoisotopic (exact) mass is 416 g/mol. The summed E-state index contributed by atoms with van der Waals surface area (Å²) in [6.07, 6.45) is 0.865. The molecule has 0 atom stereocenters. The maximum absolute atomic E-state index is 12.9. The number of halogens is 1. The van der Waals surface area contributed by atoms with E-state index in [1.807, 2.05) is 25.1 Å². The van der Waals surface area contributed by atoms with Crippen LogP contribution in [0.5, 0.6) is 0 Å². The van der Waals surface area contributed by atoms with Gasteiger partial charge in [0.1, 0.15) is 5.82 Å². The van der Waals surface area contributed by atoms with Gasteiger partial charge in [-0.3, -0.25) is 4.79 Å². The molecule has 2 aromatic carbocycles. The standard InChI is InChI=1S/C20H21FN4OS2/c1-3-15-6-4-5-13(2)18(15)23-17(26)12-27-20-25-24-19(28-20)22-11-14-7-9-16(21)10-8-14/h4-10H,3,11-12H2,1-2H3,(H,22,24)(H,23,26). The summed E-state index contributed by atoms with van der Waals surface area (Å²) >= 11 is 2.74. The van der Waals surface area contributed by atoms with Gasteiger partial charge in [-0.2, -0.15) is 0 Å². The van der Waals surface area contributed by atoms with Crippen LogP contribution in [0, 0.1) is 12.7 Å². The number of thioether (sulfide) groups is 1. The van der Waals surface area contributed by atoms with Crippen molar-refractivity contribution in [2.45, 2.75) is 31.2 Å². The van der Waals surface area contributed by atoms with E-state index in [0.717, 1.165) is 33.1 Å². The third-order valence-electron chi connectivity index (χ3n) is 4.09. The molecule has 0 aliphatic carbocycles. The summed E-state index contributed by atoms with van der Waals surface area (Å²) in [6, 6.07) is 12.3. The van der Waals surface area contributed by atoms with E-state index in [1.54, 1.807) is 12.1 Å². The number of hydrogen-bond donors (Lipinski definition) is 2. The number of nitrogens with zero attached hydrogens (tertiary/aromatic N) is 2. The lowest BCUT2D eigenvalue weighted by Crippen LogP contribution is -2.16. The average molecular weight is 417 g/mol. The summed E-state index contributed by atoms with van der Waals surface area (Å²) < 4.78 is 13.6. The maximum atomic E-state index is 12.9. The highest BCUT2D eigenvalue weighted by molar-refractivity contribution is 8.01. The predicted octanol–water partition coefficient (Wildman–Crippen LogP) is 4.89. The van der Waals surface area contributed by atoms with E-state index in [1.165, 1.54) is 35.2 Å². The highest BCUT2D eigenvalue weighted by atomic mass is 32.2. The Labute approximate surface area is 171 Å². The molecule has 0 unspecified atom stereocenters. The van der Waals surface area contributed by atoms with Crippen LogP contribution < -0.4 is 10.6 Å². The Balaban J connectivity index is 1.50. The zero-order valence-corrected chi connectivity index (χ0v) is 17.3. The lowest BCUT2D eigenvalue weighted by Gasteiger charge is -2.12. The quantitative estimate of drug-likeness (QED) is 0.512. The third-order valence-corrected chi connectivity index (χ3v) is 6.11. The molecule has 28 heavy (non-hydrogen) atoms. The molecule has 0 aliphatic rings. The fourth-order valence-corrected chi connectivity index (χ4v) is 4.17. The van der Waals surface area contributed by atoms with Crippen LogP contribution in [0.3, 0.4) is 0 Å². The molecule has 0 bridgehead atoms. The van der Waals surface area contributed by atoms with Crippen LogP contribution in [0.25, 0.3) is 0 Å². The van der Waals surface area contributed by atoms with Gasteiger partial charge in [0, 0.05) is 12.2 Å². The second-order valence-corrected chi connectivity index (χ2v) is 8.35. The Bertz CT molecular complexity index is 944. The molecule has 1 amide bonds. The molecule has 0 spiro atoms. The number of rotatable bonds is 8. The minimum Gasteiger partial charge on any atom is -0.356 e. The van der Waals surface area contributed by atoms with E-state index in [9.17, 15) is 9.18 Å². The number of benzene rings is 2. The Hall–Kier alpha value is -2.45. The molecule has 1 heterocycles. The van der Waals surface area contributed by atoms with Crippen molar-refractivity contribution in [2.24, 2.45) is 0 Å². The molecule has 0 fully saturated rings. The number of aromatic nitrogens is 2. The first kappa shape index (κ1) is 20.3. The molecule has 3 rings (SSSR count). The van der Waals surface area contributed by atoms with Gasteiger partial charge in [0.05, 0.1) is 5.75 Å². The van der Waals surface area contributed by atoms with E-state index in [0.29, 0.717) is 11.7 Å². The summed E-state index contributed by atoms with van der Waals surface area (Å²) in [7, 11) is 0. The molecular formula is C20H21FN4OS2. The van der Waals surface area contributed by atoms with Gasteiger partial charge in [0.25, 0.3) is 0 Å². The molecule has 1 aromatic heterocycles. The second-order valence-electron chi connectivity index (χ2n) is 6.15. The molecule has 0 radical (unpaired) electrons. The Morgan fingerprint density at radius 3 is 2.71 bits per heavy atom. The minimum absolute atomic E-state index is 0.0648. The van der Waals surface area contributed by atoms with Gasteiger partial charge < -0.3 is 10.6 Å². The van der Waals surface area contributed by atoms with Crippen LogP contribution >= 0.6 is 23.1 Å². The average Bonchev–Trinajstić information content (AvgIpc) is 3.15. The van der Waals surface area contributed by atoms with E-state index in [-0.39, 0.29) is 17.5 Å². The van der Waals surface area contributed by atoms with Crippen molar-refractivity contribution in [1.29, 1.82) is 0 Å². The molecule has 8 heteroatoms. The van der Waals surface area contributed by atoms with Gasteiger partial charge >= 0.3 is 0 Å². The van der Waals surface area contributed by atoms with Crippen molar-refractivity contribution in [2.75, 3.05) is 16.4 Å². The van der Waals surface area contributed by atoms with E-state index in [2.05, 4.69) is 27.8 Å². The summed E-state index contributed by atoms with van der Waals surface area (Å²) in [6.45, 7) is 4.60. The first-order chi connectivity index (χ1) is 13.5. The molecule has 2 N–H and O–H groups in total. The van der Waals surface area contributed by atoms with Gasteiger partial charge in [0.2, 0.25) is 11.0 Å². The van der Waals surface area contributed by atoms with Gasteiger partial charge in [-0.1, -0.05) is 60.4 Å². The van der Waals surface area contributed by atoms with Gasteiger partial charge in [-0.25, -0.2) is 4.39 Å². The molecule has 0 aliphatic heterocycles. The molecule has 3 aromatic rings. The topological polar surface area (TPSA) is 66.9 Å². The van der Waals surface area contributed by atoms with Gasteiger partial charge in [0.15, 0.2) is 4.34 Å². The Morgan fingerprint density at radius 1 is 1.18 bits per heavy atom. The normalized spacial score (nSPS) is 10.7. The van der Waals surface area contributed by atoms with Crippen molar-refractivity contribution in [1.82, 2.24) is 10.2 Å². The molecule has 0 saturated heterocycles. The van der Waals surface area contributed by atoms with Crippen LogP contribution in [0.1, 0.15) is 23.6 Å². The van der Waals surface area contributed by atoms with Crippen molar-refractivity contribution >= 4 is 39.8 Å². The summed E-state index contributed by atoms with van der Waals surface area (Å²) in [4.78, 5) is 12.3. The number of anilines is 2. The molecule has 0 saturated carbocycles. The smallest absolute Gasteiger partial charge is 0.234 e. The van der Waals surface area contributed by atoms with E-state index >= 15 is 0 Å². The highest BCUT2D eigenvalue weighted by Crippen LogP contribution is 2.27. The third kappa shape index (κ3) is 5.53. The second kappa shape index (κ2) is 9.66. The van der Waals surface area contributed by atoms with Crippen LogP contribution in [0.2, 0.25) is 0 Å². The summed E-state index contributed by atoms with van der Waals surface area (Å²) in [5, 5.41) is 15.0. The number of carbonyl (C=O) groups excluding carboxylic acids is 1.